The minimum atomic E-state index is -3.67. The summed E-state index contributed by atoms with van der Waals surface area (Å²) in [7, 11) is -3.67. The molecule has 0 aliphatic carbocycles. The molecule has 2 aromatic carbocycles. The Morgan fingerprint density at radius 1 is 1.11 bits per heavy atom. The molecule has 0 bridgehead atoms. The highest BCUT2D eigenvalue weighted by Crippen LogP contribution is 2.23. The van der Waals surface area contributed by atoms with Crippen LogP contribution in [0.1, 0.15) is 19.4 Å². The third kappa shape index (κ3) is 6.14. The molecule has 0 heterocycles. The van der Waals surface area contributed by atoms with Crippen LogP contribution >= 0.6 is 11.6 Å². The van der Waals surface area contributed by atoms with E-state index < -0.39 is 22.0 Å². The molecule has 0 radical (unpaired) electrons. The summed E-state index contributed by atoms with van der Waals surface area (Å²) in [5.41, 5.74) is 1.50. The molecule has 0 aliphatic rings. The van der Waals surface area contributed by atoms with Gasteiger partial charge in [-0.1, -0.05) is 29.3 Å². The number of aryl methyl sites for hydroxylation is 1. The van der Waals surface area contributed by atoms with Crippen molar-refractivity contribution in [1.82, 2.24) is 5.32 Å². The van der Waals surface area contributed by atoms with Crippen LogP contribution in [0.15, 0.2) is 48.5 Å². The van der Waals surface area contributed by atoms with E-state index in [0.717, 1.165) is 16.1 Å². The standard InChI is InChI=1S/C20H25ClN2O4S/c1-14-5-11-19(12-6-14)27-13-15(2)22-20(24)16(3)23(28(4,25)26)18-9-7-17(21)8-10-18/h5-12,15-16H,13H2,1-4H3,(H,22,24)/t15-,16-/m0/s1. The summed E-state index contributed by atoms with van der Waals surface area (Å²) in [6.45, 7) is 5.59. The Bertz CT molecular complexity index is 899. The number of hydrogen-bond acceptors (Lipinski definition) is 4. The monoisotopic (exact) mass is 424 g/mol. The molecule has 2 rings (SSSR count). The maximum Gasteiger partial charge on any atom is 0.243 e. The predicted molar refractivity (Wildman–Crippen MR) is 113 cm³/mol. The van der Waals surface area contributed by atoms with Gasteiger partial charge < -0.3 is 10.1 Å². The van der Waals surface area contributed by atoms with Crippen molar-refractivity contribution < 1.29 is 17.9 Å². The quantitative estimate of drug-likeness (QED) is 0.704. The van der Waals surface area contributed by atoms with E-state index in [4.69, 9.17) is 16.3 Å². The highest BCUT2D eigenvalue weighted by Gasteiger charge is 2.29. The highest BCUT2D eigenvalue weighted by molar-refractivity contribution is 7.92. The van der Waals surface area contributed by atoms with Crippen LogP contribution in [-0.2, 0) is 14.8 Å². The lowest BCUT2D eigenvalue weighted by Crippen LogP contribution is -2.50. The molecule has 2 atom stereocenters. The second kappa shape index (κ2) is 9.30. The number of rotatable bonds is 8. The van der Waals surface area contributed by atoms with Gasteiger partial charge in [0.05, 0.1) is 18.0 Å². The SMILES string of the molecule is Cc1ccc(OC[C@H](C)NC(=O)[C@H](C)N(c2ccc(Cl)cc2)S(C)(=O)=O)cc1. The lowest BCUT2D eigenvalue weighted by atomic mass is 10.2. The highest BCUT2D eigenvalue weighted by atomic mass is 35.5. The van der Waals surface area contributed by atoms with E-state index in [1.807, 2.05) is 31.2 Å². The summed E-state index contributed by atoms with van der Waals surface area (Å²) in [4.78, 5) is 12.6. The molecule has 0 saturated heterocycles. The Balaban J connectivity index is 2.03. The Kier molecular flexibility index (Phi) is 7.32. The lowest BCUT2D eigenvalue weighted by molar-refractivity contribution is -0.122. The summed E-state index contributed by atoms with van der Waals surface area (Å²) in [6, 6.07) is 12.7. The first-order valence-electron chi connectivity index (χ1n) is 8.82. The van der Waals surface area contributed by atoms with Crippen LogP contribution in [0, 0.1) is 6.92 Å². The van der Waals surface area contributed by atoms with Gasteiger partial charge in [-0.3, -0.25) is 9.10 Å². The fourth-order valence-corrected chi connectivity index (χ4v) is 3.96. The Labute approximate surface area is 171 Å². The van der Waals surface area contributed by atoms with Gasteiger partial charge in [-0.15, -0.1) is 0 Å². The third-order valence-electron chi connectivity index (χ3n) is 4.08. The molecule has 0 saturated carbocycles. The molecule has 0 aliphatic heterocycles. The fraction of sp³-hybridized carbons (Fsp3) is 0.350. The predicted octanol–water partition coefficient (Wildman–Crippen LogP) is 3.39. The molecule has 6 nitrogen and oxygen atoms in total. The second-order valence-corrected chi connectivity index (χ2v) is 9.04. The van der Waals surface area contributed by atoms with E-state index in [2.05, 4.69) is 5.32 Å². The van der Waals surface area contributed by atoms with Crippen LogP contribution in [0.4, 0.5) is 5.69 Å². The van der Waals surface area contributed by atoms with E-state index in [1.54, 1.807) is 38.1 Å². The van der Waals surface area contributed by atoms with Crippen molar-refractivity contribution in [3.63, 3.8) is 0 Å². The van der Waals surface area contributed by atoms with Crippen molar-refractivity contribution >= 4 is 33.2 Å². The van der Waals surface area contributed by atoms with Crippen LogP contribution < -0.4 is 14.4 Å². The molecule has 0 aromatic heterocycles. The van der Waals surface area contributed by atoms with Gasteiger partial charge in [-0.2, -0.15) is 0 Å². The first-order valence-corrected chi connectivity index (χ1v) is 11.1. The van der Waals surface area contributed by atoms with Crippen LogP contribution in [0.2, 0.25) is 5.02 Å². The number of nitrogens with zero attached hydrogens (tertiary/aromatic N) is 1. The molecular formula is C20H25ClN2O4S. The third-order valence-corrected chi connectivity index (χ3v) is 5.57. The number of halogens is 1. The van der Waals surface area contributed by atoms with Gasteiger partial charge in [0.25, 0.3) is 0 Å². The topological polar surface area (TPSA) is 75.7 Å². The van der Waals surface area contributed by atoms with Crippen molar-refractivity contribution in [2.75, 3.05) is 17.2 Å². The number of carbonyl (C=O) groups is 1. The zero-order valence-electron chi connectivity index (χ0n) is 16.3. The Morgan fingerprint density at radius 3 is 2.21 bits per heavy atom. The Hall–Kier alpha value is -2.25. The summed E-state index contributed by atoms with van der Waals surface area (Å²) >= 11 is 5.87. The molecule has 1 N–H and O–H groups in total. The van der Waals surface area contributed by atoms with Crippen molar-refractivity contribution in [3.8, 4) is 5.75 Å². The first-order chi connectivity index (χ1) is 13.1. The minimum Gasteiger partial charge on any atom is -0.491 e. The number of nitrogens with one attached hydrogen (secondary N) is 1. The van der Waals surface area contributed by atoms with Gasteiger partial charge in [-0.25, -0.2) is 8.42 Å². The van der Waals surface area contributed by atoms with Crippen LogP contribution in [0.3, 0.4) is 0 Å². The fourth-order valence-electron chi connectivity index (χ4n) is 2.66. The number of amides is 1. The van der Waals surface area contributed by atoms with E-state index in [9.17, 15) is 13.2 Å². The number of carbonyl (C=O) groups excluding carboxylic acids is 1. The van der Waals surface area contributed by atoms with Crippen LogP contribution in [0.25, 0.3) is 0 Å². The number of anilines is 1. The van der Waals surface area contributed by atoms with E-state index in [-0.39, 0.29) is 12.6 Å². The first kappa shape index (κ1) is 22.0. The summed E-state index contributed by atoms with van der Waals surface area (Å²) in [5, 5.41) is 3.28. The van der Waals surface area contributed by atoms with E-state index in [0.29, 0.717) is 16.5 Å². The van der Waals surface area contributed by atoms with E-state index >= 15 is 0 Å². The van der Waals surface area contributed by atoms with Crippen LogP contribution in [-0.4, -0.2) is 39.3 Å². The second-order valence-electron chi connectivity index (χ2n) is 6.74. The average Bonchev–Trinajstić information content (AvgIpc) is 2.62. The molecule has 1 amide bonds. The molecule has 152 valence electrons. The number of sulfonamides is 1. The zero-order chi connectivity index (χ0) is 20.9. The molecule has 0 spiro atoms. The van der Waals surface area contributed by atoms with Crippen molar-refractivity contribution in [2.45, 2.75) is 32.9 Å². The normalized spacial score (nSPS) is 13.5. The largest absolute Gasteiger partial charge is 0.491 e. The summed E-state index contributed by atoms with van der Waals surface area (Å²) in [5.74, 6) is 0.291. The zero-order valence-corrected chi connectivity index (χ0v) is 17.9. The molecule has 8 heteroatoms. The van der Waals surface area contributed by atoms with Gasteiger partial charge in [0.2, 0.25) is 15.9 Å². The lowest BCUT2D eigenvalue weighted by Gasteiger charge is -2.29. The van der Waals surface area contributed by atoms with Gasteiger partial charge in [-0.05, 0) is 57.2 Å². The number of benzene rings is 2. The molecule has 0 fully saturated rings. The van der Waals surface area contributed by atoms with Gasteiger partial charge in [0.15, 0.2) is 0 Å². The van der Waals surface area contributed by atoms with Gasteiger partial charge in [0.1, 0.15) is 18.4 Å². The summed E-state index contributed by atoms with van der Waals surface area (Å²) < 4.78 is 31.3. The molecular weight excluding hydrogens is 400 g/mol. The molecule has 0 unspecified atom stereocenters. The number of ether oxygens (including phenoxy) is 1. The number of hydrogen-bond donors (Lipinski definition) is 1. The van der Waals surface area contributed by atoms with Gasteiger partial charge >= 0.3 is 0 Å². The molecule has 28 heavy (non-hydrogen) atoms. The smallest absolute Gasteiger partial charge is 0.243 e. The van der Waals surface area contributed by atoms with Crippen molar-refractivity contribution in [1.29, 1.82) is 0 Å². The van der Waals surface area contributed by atoms with Crippen LogP contribution in [0.5, 0.6) is 5.75 Å². The minimum absolute atomic E-state index is 0.265. The summed E-state index contributed by atoms with van der Waals surface area (Å²) in [6.07, 6.45) is 1.06. The molecule has 2 aromatic rings. The van der Waals surface area contributed by atoms with Crippen molar-refractivity contribution in [2.24, 2.45) is 0 Å². The maximum absolute atomic E-state index is 12.6. The maximum atomic E-state index is 12.6. The van der Waals surface area contributed by atoms with E-state index in [1.165, 1.54) is 0 Å². The van der Waals surface area contributed by atoms with Crippen molar-refractivity contribution in [3.05, 3.63) is 59.1 Å². The average molecular weight is 425 g/mol. The van der Waals surface area contributed by atoms with Gasteiger partial charge in [0, 0.05) is 5.02 Å². The Morgan fingerprint density at radius 2 is 1.68 bits per heavy atom.